The van der Waals surface area contributed by atoms with Gasteiger partial charge in [-0.05, 0) is 24.1 Å². The van der Waals surface area contributed by atoms with Crippen molar-refractivity contribution in [2.75, 3.05) is 6.61 Å². The monoisotopic (exact) mass is 333 g/mol. The van der Waals surface area contributed by atoms with E-state index in [0.717, 1.165) is 10.0 Å². The summed E-state index contributed by atoms with van der Waals surface area (Å²) in [5, 5.41) is 2.89. The Morgan fingerprint density at radius 1 is 1.44 bits per heavy atom. The van der Waals surface area contributed by atoms with Crippen molar-refractivity contribution in [1.82, 2.24) is 5.32 Å². The van der Waals surface area contributed by atoms with Crippen LogP contribution < -0.4 is 5.32 Å². The lowest BCUT2D eigenvalue weighted by atomic mass is 9.80. The molecule has 2 rings (SSSR count). The molecule has 1 aromatic carbocycles. The molecule has 0 unspecified atom stereocenters. The summed E-state index contributed by atoms with van der Waals surface area (Å²) in [4.78, 5) is 11.4. The molecular weight excluding hydrogens is 318 g/mol. The van der Waals surface area contributed by atoms with E-state index in [0.29, 0.717) is 6.61 Å². The van der Waals surface area contributed by atoms with Crippen LogP contribution in [0.3, 0.4) is 0 Å². The number of hydrogen-bond acceptors (Lipinski definition) is 2. The van der Waals surface area contributed by atoms with Crippen LogP contribution >= 0.6 is 28.3 Å². The van der Waals surface area contributed by atoms with E-state index in [4.69, 9.17) is 4.74 Å². The standard InChI is InChI=1S/C13H16BrNO2.ClH/c1-8-4-5-9(10(14)6-8)11-13(2,3)7-17-12(16)15-11;/h4-6,11H,7H2,1-3H3,(H,15,16);1H/t11-;/m0./s1. The van der Waals surface area contributed by atoms with Crippen LogP contribution in [-0.2, 0) is 4.74 Å². The Morgan fingerprint density at radius 3 is 2.72 bits per heavy atom. The van der Waals surface area contributed by atoms with E-state index in [9.17, 15) is 4.79 Å². The first kappa shape index (κ1) is 15.3. The van der Waals surface area contributed by atoms with Crippen LogP contribution in [0.1, 0.15) is 31.0 Å². The summed E-state index contributed by atoms with van der Waals surface area (Å²) in [5.74, 6) is 0. The van der Waals surface area contributed by atoms with Gasteiger partial charge in [-0.25, -0.2) is 4.79 Å². The minimum atomic E-state index is -0.346. The Labute approximate surface area is 122 Å². The fourth-order valence-corrected chi connectivity index (χ4v) is 2.78. The molecule has 0 radical (unpaired) electrons. The van der Waals surface area contributed by atoms with Gasteiger partial charge < -0.3 is 10.1 Å². The smallest absolute Gasteiger partial charge is 0.407 e. The molecule has 1 aliphatic rings. The zero-order valence-corrected chi connectivity index (χ0v) is 13.0. The summed E-state index contributed by atoms with van der Waals surface area (Å²) in [6, 6.07) is 6.14. The molecule has 0 aromatic heterocycles. The average molecular weight is 335 g/mol. The number of hydrogen-bond donors (Lipinski definition) is 1. The first-order valence-corrected chi connectivity index (χ1v) is 6.39. The number of alkyl carbamates (subject to hydrolysis) is 1. The number of amides is 1. The maximum absolute atomic E-state index is 11.4. The molecule has 1 atom stereocenters. The second-order valence-electron chi connectivity index (χ2n) is 5.17. The highest BCUT2D eigenvalue weighted by atomic mass is 79.9. The summed E-state index contributed by atoms with van der Waals surface area (Å²) in [7, 11) is 0. The van der Waals surface area contributed by atoms with E-state index < -0.39 is 0 Å². The summed E-state index contributed by atoms with van der Waals surface area (Å²) in [6.07, 6.45) is -0.346. The maximum Gasteiger partial charge on any atom is 0.407 e. The van der Waals surface area contributed by atoms with Gasteiger partial charge in [0, 0.05) is 9.89 Å². The highest BCUT2D eigenvalue weighted by Gasteiger charge is 2.38. The number of carbonyl (C=O) groups is 1. The van der Waals surface area contributed by atoms with Crippen LogP contribution in [0.4, 0.5) is 4.79 Å². The molecule has 1 fully saturated rings. The number of carbonyl (C=O) groups excluding carboxylic acids is 1. The van der Waals surface area contributed by atoms with Gasteiger partial charge in [0.2, 0.25) is 0 Å². The van der Waals surface area contributed by atoms with Crippen molar-refractivity contribution < 1.29 is 9.53 Å². The van der Waals surface area contributed by atoms with E-state index >= 15 is 0 Å². The molecule has 5 heteroatoms. The van der Waals surface area contributed by atoms with Crippen LogP contribution in [0.2, 0.25) is 0 Å². The minimum absolute atomic E-state index is 0. The van der Waals surface area contributed by atoms with Crippen molar-refractivity contribution in [3.05, 3.63) is 33.8 Å². The number of rotatable bonds is 1. The van der Waals surface area contributed by atoms with Gasteiger partial charge in [0.15, 0.2) is 0 Å². The van der Waals surface area contributed by atoms with Crippen molar-refractivity contribution in [1.29, 1.82) is 0 Å². The number of cyclic esters (lactones) is 1. The molecule has 1 aromatic rings. The predicted molar refractivity (Wildman–Crippen MR) is 77.1 cm³/mol. The highest BCUT2D eigenvalue weighted by Crippen LogP contribution is 2.39. The van der Waals surface area contributed by atoms with Crippen LogP contribution in [-0.4, -0.2) is 12.7 Å². The highest BCUT2D eigenvalue weighted by molar-refractivity contribution is 9.10. The molecule has 1 heterocycles. The number of ether oxygens (including phenoxy) is 1. The normalized spacial score (nSPS) is 21.6. The van der Waals surface area contributed by atoms with Gasteiger partial charge in [-0.15, -0.1) is 12.4 Å². The molecule has 1 amide bonds. The fourth-order valence-electron chi connectivity index (χ4n) is 2.05. The molecule has 0 aliphatic carbocycles. The van der Waals surface area contributed by atoms with E-state index in [1.165, 1.54) is 5.56 Å². The molecule has 3 nitrogen and oxygen atoms in total. The van der Waals surface area contributed by atoms with Crippen LogP contribution in [0.15, 0.2) is 22.7 Å². The van der Waals surface area contributed by atoms with Gasteiger partial charge in [-0.2, -0.15) is 0 Å². The van der Waals surface area contributed by atoms with Gasteiger partial charge in [0.25, 0.3) is 0 Å². The Balaban J connectivity index is 0.00000162. The largest absolute Gasteiger partial charge is 0.449 e. The van der Waals surface area contributed by atoms with Gasteiger partial charge in [-0.3, -0.25) is 0 Å². The first-order chi connectivity index (χ1) is 7.90. The third-order valence-electron chi connectivity index (χ3n) is 3.09. The molecular formula is C13H17BrClNO2. The SMILES string of the molecule is Cc1ccc([C@@H]2NC(=O)OCC2(C)C)c(Br)c1.Cl. The fraction of sp³-hybridized carbons (Fsp3) is 0.462. The van der Waals surface area contributed by atoms with Crippen molar-refractivity contribution in [3.63, 3.8) is 0 Å². The van der Waals surface area contributed by atoms with E-state index in [1.54, 1.807) is 0 Å². The lowest BCUT2D eigenvalue weighted by Gasteiger charge is -2.39. The summed E-state index contributed by atoms with van der Waals surface area (Å²) >= 11 is 3.56. The van der Waals surface area contributed by atoms with Gasteiger partial charge in [0.1, 0.15) is 6.61 Å². The lowest BCUT2D eigenvalue weighted by molar-refractivity contribution is 0.0385. The maximum atomic E-state index is 11.4. The second kappa shape index (κ2) is 5.49. The van der Waals surface area contributed by atoms with Gasteiger partial charge >= 0.3 is 6.09 Å². The molecule has 100 valence electrons. The molecule has 0 spiro atoms. The number of aryl methyl sites for hydroxylation is 1. The average Bonchev–Trinajstić information content (AvgIpc) is 2.23. The molecule has 1 N–H and O–H groups in total. The second-order valence-corrected chi connectivity index (χ2v) is 6.02. The van der Waals surface area contributed by atoms with E-state index in [-0.39, 0.29) is 30.0 Å². The van der Waals surface area contributed by atoms with Crippen LogP contribution in [0.5, 0.6) is 0 Å². The Kier molecular flexibility index (Phi) is 4.67. The van der Waals surface area contributed by atoms with E-state index in [2.05, 4.69) is 53.3 Å². The molecule has 18 heavy (non-hydrogen) atoms. The minimum Gasteiger partial charge on any atom is -0.449 e. The quantitative estimate of drug-likeness (QED) is 0.843. The predicted octanol–water partition coefficient (Wildman–Crippen LogP) is 3.99. The van der Waals surface area contributed by atoms with Crippen molar-refractivity contribution in [3.8, 4) is 0 Å². The Morgan fingerprint density at radius 2 is 2.11 bits per heavy atom. The van der Waals surface area contributed by atoms with Crippen LogP contribution in [0, 0.1) is 12.3 Å². The number of halogens is 2. The van der Waals surface area contributed by atoms with Gasteiger partial charge in [-0.1, -0.05) is 41.9 Å². The third kappa shape index (κ3) is 2.98. The van der Waals surface area contributed by atoms with Crippen molar-refractivity contribution >= 4 is 34.4 Å². The third-order valence-corrected chi connectivity index (χ3v) is 3.77. The Bertz CT molecular complexity index is 462. The van der Waals surface area contributed by atoms with E-state index in [1.807, 2.05) is 6.92 Å². The molecule has 1 saturated heterocycles. The summed E-state index contributed by atoms with van der Waals surface area (Å²) in [5.41, 5.74) is 2.17. The number of nitrogens with one attached hydrogen (secondary N) is 1. The molecule has 1 aliphatic heterocycles. The molecule has 0 saturated carbocycles. The van der Waals surface area contributed by atoms with Crippen LogP contribution in [0.25, 0.3) is 0 Å². The summed E-state index contributed by atoms with van der Waals surface area (Å²) < 4.78 is 6.07. The van der Waals surface area contributed by atoms with Gasteiger partial charge in [0.05, 0.1) is 6.04 Å². The zero-order chi connectivity index (χ0) is 12.6. The molecule has 0 bridgehead atoms. The lowest BCUT2D eigenvalue weighted by Crippen LogP contribution is -2.47. The van der Waals surface area contributed by atoms with Crippen molar-refractivity contribution in [2.45, 2.75) is 26.8 Å². The number of benzene rings is 1. The zero-order valence-electron chi connectivity index (χ0n) is 10.6. The summed E-state index contributed by atoms with van der Waals surface area (Å²) in [6.45, 7) is 6.65. The first-order valence-electron chi connectivity index (χ1n) is 5.59. The Hall–Kier alpha value is -0.740. The van der Waals surface area contributed by atoms with Crippen molar-refractivity contribution in [2.24, 2.45) is 5.41 Å². The topological polar surface area (TPSA) is 38.3 Å².